The molecule has 0 heterocycles. The highest BCUT2D eigenvalue weighted by molar-refractivity contribution is 7.90. The average Bonchev–Trinajstić information content (AvgIpc) is 2.42. The second-order valence-electron chi connectivity index (χ2n) is 8.21. The van der Waals surface area contributed by atoms with Gasteiger partial charge in [-0.1, -0.05) is 6.58 Å². The average molecular weight is 417 g/mol. The van der Waals surface area contributed by atoms with Crippen LogP contribution in [0.3, 0.4) is 0 Å². The van der Waals surface area contributed by atoms with Crippen molar-refractivity contribution in [2.45, 2.75) is 68.0 Å². The van der Waals surface area contributed by atoms with Crippen LogP contribution < -0.4 is 4.72 Å². The molecule has 11 heteroatoms. The van der Waals surface area contributed by atoms with E-state index in [4.69, 9.17) is 4.74 Å². The summed E-state index contributed by atoms with van der Waals surface area (Å²) in [6, 6.07) is 0. The monoisotopic (exact) mass is 417 g/mol. The zero-order chi connectivity index (χ0) is 20.5. The van der Waals surface area contributed by atoms with Crippen molar-refractivity contribution in [3.8, 4) is 0 Å². The summed E-state index contributed by atoms with van der Waals surface area (Å²) in [4.78, 5) is 12.0. The number of hydrogen-bond donors (Lipinski definition) is 1. The predicted molar refractivity (Wildman–Crippen MR) is 84.1 cm³/mol. The highest BCUT2D eigenvalue weighted by Gasteiger charge is 2.70. The largest absolute Gasteiger partial charge is 0.470 e. The van der Waals surface area contributed by atoms with Crippen LogP contribution in [-0.2, 0) is 19.6 Å². The van der Waals surface area contributed by atoms with Gasteiger partial charge in [-0.3, -0.25) is 0 Å². The van der Waals surface area contributed by atoms with Crippen molar-refractivity contribution in [3.05, 3.63) is 12.2 Å². The molecule has 0 spiro atoms. The maximum Gasteiger partial charge on any atom is 0.470 e. The lowest BCUT2D eigenvalue weighted by Crippen LogP contribution is -2.68. The Labute approximate surface area is 153 Å². The van der Waals surface area contributed by atoms with Crippen LogP contribution in [0.25, 0.3) is 0 Å². The second-order valence-corrected chi connectivity index (χ2v) is 9.94. The van der Waals surface area contributed by atoms with Gasteiger partial charge in [-0.15, -0.1) is 0 Å². The van der Waals surface area contributed by atoms with Crippen molar-refractivity contribution in [1.29, 1.82) is 0 Å². The molecule has 0 aromatic carbocycles. The van der Waals surface area contributed by atoms with Crippen molar-refractivity contribution in [2.24, 2.45) is 11.8 Å². The van der Waals surface area contributed by atoms with E-state index in [-0.39, 0.29) is 36.7 Å². The number of nitrogens with one attached hydrogen (secondary N) is 1. The number of rotatable bonds is 5. The Morgan fingerprint density at radius 2 is 1.63 bits per heavy atom. The molecule has 4 aliphatic rings. The van der Waals surface area contributed by atoms with Crippen molar-refractivity contribution in [2.75, 3.05) is 0 Å². The molecule has 27 heavy (non-hydrogen) atoms. The Balaban J connectivity index is 1.90. The number of alkyl halides is 5. The molecule has 0 amide bonds. The molecule has 4 fully saturated rings. The van der Waals surface area contributed by atoms with Gasteiger partial charge in [0, 0.05) is 17.5 Å². The molecule has 4 aliphatic carbocycles. The molecule has 4 bridgehead atoms. The van der Waals surface area contributed by atoms with Crippen molar-refractivity contribution in [1.82, 2.24) is 4.72 Å². The molecule has 1 N–H and O–H groups in total. The van der Waals surface area contributed by atoms with E-state index in [1.807, 2.05) is 0 Å². The third-order valence-corrected chi connectivity index (χ3v) is 7.29. The Morgan fingerprint density at radius 1 is 1.11 bits per heavy atom. The van der Waals surface area contributed by atoms with Crippen LogP contribution in [0.15, 0.2) is 12.2 Å². The van der Waals surface area contributed by atoms with E-state index < -0.39 is 38.6 Å². The van der Waals surface area contributed by atoms with E-state index in [2.05, 4.69) is 6.58 Å². The maximum atomic E-state index is 13.5. The Hall–Kier alpha value is -1.23. The lowest BCUT2D eigenvalue weighted by Gasteiger charge is -2.61. The molecular formula is C16H20F5NO4S. The Kier molecular flexibility index (Phi) is 4.47. The SMILES string of the molecule is C=C(C)C(=O)OC12CC3CC(CC(NS(=O)(=O)C(F)(F)C(F)(F)F)(C3)C1)C2. The topological polar surface area (TPSA) is 72.5 Å². The van der Waals surface area contributed by atoms with Gasteiger partial charge in [0.05, 0.1) is 0 Å². The standard InChI is InChI=1S/C16H20F5NO4S/c1-9(2)12(23)26-14-6-10-3-11(7-14)5-13(4-10,8-14)22-27(24,25)16(20,21)15(17,18)19/h10-11,22H,1,3-8H2,2H3. The molecule has 0 aromatic heterocycles. The smallest absolute Gasteiger partial charge is 0.456 e. The van der Waals surface area contributed by atoms with Gasteiger partial charge in [-0.05, 0) is 50.9 Å². The highest BCUT2D eigenvalue weighted by Crippen LogP contribution is 2.59. The van der Waals surface area contributed by atoms with E-state index in [1.54, 1.807) is 4.72 Å². The van der Waals surface area contributed by atoms with Gasteiger partial charge < -0.3 is 4.74 Å². The molecule has 0 aromatic rings. The molecule has 5 nitrogen and oxygen atoms in total. The molecule has 4 saturated carbocycles. The first-order chi connectivity index (χ1) is 12.1. The molecule has 2 unspecified atom stereocenters. The van der Waals surface area contributed by atoms with Crippen LogP contribution in [0.2, 0.25) is 0 Å². The second kappa shape index (κ2) is 5.88. The summed E-state index contributed by atoms with van der Waals surface area (Å²) < 4.78 is 95.8. The molecular weight excluding hydrogens is 397 g/mol. The normalized spacial score (nSPS) is 35.9. The summed E-state index contributed by atoms with van der Waals surface area (Å²) in [6.07, 6.45) is -4.51. The van der Waals surface area contributed by atoms with Crippen LogP contribution in [0.5, 0.6) is 0 Å². The van der Waals surface area contributed by atoms with Crippen LogP contribution in [0.1, 0.15) is 45.4 Å². The summed E-state index contributed by atoms with van der Waals surface area (Å²) in [5, 5.41) is -5.91. The van der Waals surface area contributed by atoms with Crippen LogP contribution in [0.4, 0.5) is 22.0 Å². The summed E-state index contributed by atoms with van der Waals surface area (Å²) >= 11 is 0. The van der Waals surface area contributed by atoms with Gasteiger partial charge in [0.25, 0.3) is 10.0 Å². The first-order valence-electron chi connectivity index (χ1n) is 8.47. The predicted octanol–water partition coefficient (Wildman–Crippen LogP) is 3.27. The zero-order valence-corrected chi connectivity index (χ0v) is 15.4. The number of carbonyl (C=O) groups is 1. The summed E-state index contributed by atoms with van der Waals surface area (Å²) in [5.41, 5.74) is -2.42. The number of carbonyl (C=O) groups excluding carboxylic acids is 1. The van der Waals surface area contributed by atoms with E-state index in [1.165, 1.54) is 6.92 Å². The first-order valence-corrected chi connectivity index (χ1v) is 9.96. The minimum atomic E-state index is -6.23. The molecule has 2 atom stereocenters. The van der Waals surface area contributed by atoms with E-state index in [9.17, 15) is 35.2 Å². The van der Waals surface area contributed by atoms with E-state index in [0.717, 1.165) is 0 Å². The molecule has 154 valence electrons. The summed E-state index contributed by atoms with van der Waals surface area (Å²) in [7, 11) is -6.02. The third-order valence-electron chi connectivity index (χ3n) is 5.68. The molecule has 0 saturated heterocycles. The zero-order valence-electron chi connectivity index (χ0n) is 14.5. The summed E-state index contributed by atoms with van der Waals surface area (Å²) in [5.74, 6) is -0.923. The lowest BCUT2D eigenvalue weighted by atomic mass is 9.51. The van der Waals surface area contributed by atoms with Gasteiger partial charge in [-0.25, -0.2) is 17.9 Å². The fourth-order valence-electron chi connectivity index (χ4n) is 5.20. The minimum Gasteiger partial charge on any atom is -0.456 e. The van der Waals surface area contributed by atoms with Gasteiger partial charge in [0.1, 0.15) is 5.60 Å². The molecule has 0 radical (unpaired) electrons. The highest BCUT2D eigenvalue weighted by atomic mass is 32.2. The van der Waals surface area contributed by atoms with E-state index >= 15 is 0 Å². The van der Waals surface area contributed by atoms with Crippen molar-refractivity contribution < 1.29 is 39.9 Å². The first kappa shape index (κ1) is 20.5. The minimum absolute atomic E-state index is 0.119. The van der Waals surface area contributed by atoms with Gasteiger partial charge in [0.2, 0.25) is 0 Å². The maximum absolute atomic E-state index is 13.5. The van der Waals surface area contributed by atoms with Crippen LogP contribution in [0, 0.1) is 11.8 Å². The Morgan fingerprint density at radius 3 is 2.07 bits per heavy atom. The quantitative estimate of drug-likeness (QED) is 0.423. The van der Waals surface area contributed by atoms with Gasteiger partial charge >= 0.3 is 17.4 Å². The number of halogens is 5. The Bertz CT molecular complexity index is 762. The van der Waals surface area contributed by atoms with E-state index in [0.29, 0.717) is 19.3 Å². The van der Waals surface area contributed by atoms with Gasteiger partial charge in [-0.2, -0.15) is 22.0 Å². The molecule has 0 aliphatic heterocycles. The van der Waals surface area contributed by atoms with Crippen LogP contribution in [-0.4, -0.2) is 37.0 Å². The third kappa shape index (κ3) is 3.37. The van der Waals surface area contributed by atoms with Crippen LogP contribution >= 0.6 is 0 Å². The van der Waals surface area contributed by atoms with Gasteiger partial charge in [0.15, 0.2) is 0 Å². The summed E-state index contributed by atoms with van der Waals surface area (Å²) in [6.45, 7) is 4.91. The number of esters is 1. The van der Waals surface area contributed by atoms with Crippen molar-refractivity contribution in [3.63, 3.8) is 0 Å². The number of hydrogen-bond acceptors (Lipinski definition) is 4. The lowest BCUT2D eigenvalue weighted by molar-refractivity contribution is -0.242. The number of ether oxygens (including phenoxy) is 1. The fourth-order valence-corrected chi connectivity index (χ4v) is 6.44. The molecule has 4 rings (SSSR count). The number of sulfonamides is 1. The van der Waals surface area contributed by atoms with Crippen molar-refractivity contribution >= 4 is 16.0 Å². The fraction of sp³-hybridized carbons (Fsp3) is 0.812.